The van der Waals surface area contributed by atoms with Crippen molar-refractivity contribution in [1.82, 2.24) is 4.98 Å². The van der Waals surface area contributed by atoms with Crippen molar-refractivity contribution in [1.29, 1.82) is 0 Å². The Labute approximate surface area is 290 Å². The van der Waals surface area contributed by atoms with E-state index in [-0.39, 0.29) is 46.1 Å². The number of carbonyl (C=O) groups excluding carboxylic acids is 2. The normalized spacial score (nSPS) is 27.2. The summed E-state index contributed by atoms with van der Waals surface area (Å²) in [4.78, 5) is 45.1. The van der Waals surface area contributed by atoms with Crippen LogP contribution in [-0.2, 0) is 22.4 Å². The highest BCUT2D eigenvalue weighted by atomic mass is 35.5. The highest BCUT2D eigenvalue weighted by Crippen LogP contribution is 2.69. The first-order valence-corrected chi connectivity index (χ1v) is 17.6. The maximum Gasteiger partial charge on any atom is 0.416 e. The van der Waals surface area contributed by atoms with Crippen LogP contribution in [0.3, 0.4) is 0 Å². The van der Waals surface area contributed by atoms with Crippen molar-refractivity contribution in [2.24, 2.45) is 29.6 Å². The molecule has 3 aromatic carbocycles. The molecule has 2 aliphatic heterocycles. The predicted octanol–water partition coefficient (Wildman–Crippen LogP) is 8.03. The topological polar surface area (TPSA) is 88.7 Å². The molecule has 2 saturated carbocycles. The molecule has 48 heavy (non-hydrogen) atoms. The second kappa shape index (κ2) is 11.6. The van der Waals surface area contributed by atoms with Crippen LogP contribution in [0.2, 0.25) is 10.0 Å². The van der Waals surface area contributed by atoms with E-state index in [0.29, 0.717) is 28.0 Å². The molecule has 1 aromatic heterocycles. The summed E-state index contributed by atoms with van der Waals surface area (Å²) in [6.45, 7) is 0.172. The number of hydrogen-bond acceptors (Lipinski definition) is 7. The number of imide groups is 1. The Morgan fingerprint density at radius 1 is 0.958 bits per heavy atom. The lowest BCUT2D eigenvalue weighted by Gasteiger charge is -2.43. The van der Waals surface area contributed by atoms with Crippen LogP contribution in [0.25, 0.3) is 0 Å². The minimum Gasteiger partial charge on any atom is -0.493 e. The van der Waals surface area contributed by atoms with Crippen molar-refractivity contribution < 1.29 is 32.2 Å². The van der Waals surface area contributed by atoms with Gasteiger partial charge in [-0.25, -0.2) is 0 Å². The first-order valence-electron chi connectivity index (χ1n) is 15.1. The molecule has 2 aliphatic carbocycles. The highest BCUT2D eigenvalue weighted by Gasteiger charge is 2.69. The molecule has 7 unspecified atom stereocenters. The van der Waals surface area contributed by atoms with Gasteiger partial charge >= 0.3 is 11.0 Å². The first-order chi connectivity index (χ1) is 22.9. The average Bonchev–Trinajstić information content (AvgIpc) is 3.79. The van der Waals surface area contributed by atoms with E-state index in [1.54, 1.807) is 24.3 Å². The molecular formula is C34H25Cl2F3N2O5S2. The van der Waals surface area contributed by atoms with Crippen molar-refractivity contribution in [3.8, 4) is 11.5 Å². The molecule has 3 fully saturated rings. The van der Waals surface area contributed by atoms with Gasteiger partial charge in [0.2, 0.25) is 11.8 Å². The minimum atomic E-state index is -4.62. The van der Waals surface area contributed by atoms with Gasteiger partial charge in [0.25, 0.3) is 0 Å². The molecule has 14 heteroatoms. The van der Waals surface area contributed by atoms with Crippen molar-refractivity contribution in [3.63, 3.8) is 0 Å². The Balaban J connectivity index is 1.14. The van der Waals surface area contributed by atoms with E-state index in [1.165, 1.54) is 31.0 Å². The van der Waals surface area contributed by atoms with Gasteiger partial charge < -0.3 is 14.5 Å². The third-order valence-corrected chi connectivity index (χ3v) is 13.3. The Kier molecular flexibility index (Phi) is 7.66. The van der Waals surface area contributed by atoms with Crippen LogP contribution in [0.4, 0.5) is 18.9 Å². The SMILES string of the molecule is COc1cc(C2c3sc(=O)[nH]c3SC3C4CC(C5C(=O)N(c6cccc(C(F)(F)F)c6)C(=O)C45)C23)ccc1OCc1ccc(Cl)cc1Cl. The van der Waals surface area contributed by atoms with Crippen molar-refractivity contribution in [3.05, 3.63) is 102 Å². The van der Waals surface area contributed by atoms with Gasteiger partial charge in [0.05, 0.1) is 35.2 Å². The zero-order chi connectivity index (χ0) is 33.6. The fourth-order valence-corrected chi connectivity index (χ4v) is 11.6. The number of thioether (sulfide) groups is 1. The lowest BCUT2D eigenvalue weighted by molar-refractivity contribution is -0.137. The fraction of sp³-hybridized carbons (Fsp3) is 0.324. The van der Waals surface area contributed by atoms with E-state index in [0.717, 1.165) is 49.4 Å². The summed E-state index contributed by atoms with van der Waals surface area (Å²) >= 11 is 15.0. The molecule has 4 aromatic rings. The standard InChI is InChI=1S/C34H25Cl2F3N2O5S2/c1-45-23-9-14(6-8-22(23)46-13-15-5-7-17(35)11-21(15)36)24-25-19-12-20(28(25)47-30-29(24)48-33(44)40-30)27-26(19)31(42)41(32(27)43)18-4-2-3-16(10-18)34(37,38)39/h2-11,19-20,24-28H,12-13H2,1H3,(H,40,44). The van der Waals surface area contributed by atoms with E-state index in [4.69, 9.17) is 32.7 Å². The second-order valence-corrected chi connectivity index (χ2v) is 15.5. The van der Waals surface area contributed by atoms with Crippen molar-refractivity contribution in [2.75, 3.05) is 12.0 Å². The Bertz CT molecular complexity index is 2050. The van der Waals surface area contributed by atoms with Gasteiger partial charge in [0.1, 0.15) is 6.61 Å². The van der Waals surface area contributed by atoms with Crippen LogP contribution in [-0.4, -0.2) is 29.2 Å². The maximum absolute atomic E-state index is 14.0. The maximum atomic E-state index is 14.0. The second-order valence-electron chi connectivity index (χ2n) is 12.5. The molecule has 2 amide bonds. The quantitative estimate of drug-likeness (QED) is 0.202. The Morgan fingerprint density at radius 3 is 2.46 bits per heavy atom. The molecule has 1 saturated heterocycles. The third-order valence-electron chi connectivity index (χ3n) is 10.1. The molecule has 7 nitrogen and oxygen atoms in total. The number of carbonyl (C=O) groups is 2. The fourth-order valence-electron chi connectivity index (χ4n) is 8.26. The number of nitrogens with zero attached hydrogens (tertiary/aromatic N) is 1. The smallest absolute Gasteiger partial charge is 0.416 e. The average molecular weight is 734 g/mol. The lowest BCUT2D eigenvalue weighted by atomic mass is 9.68. The van der Waals surface area contributed by atoms with Crippen molar-refractivity contribution >= 4 is 63.8 Å². The van der Waals surface area contributed by atoms with Crippen LogP contribution in [0, 0.1) is 29.6 Å². The number of ether oxygens (including phenoxy) is 2. The van der Waals surface area contributed by atoms with E-state index < -0.39 is 35.4 Å². The number of aromatic nitrogens is 1. The Morgan fingerprint density at radius 2 is 1.73 bits per heavy atom. The Hall–Kier alpha value is -3.45. The van der Waals surface area contributed by atoms with Gasteiger partial charge in [0.15, 0.2) is 11.5 Å². The monoisotopic (exact) mass is 732 g/mol. The van der Waals surface area contributed by atoms with Crippen LogP contribution in [0.15, 0.2) is 70.5 Å². The molecule has 8 rings (SSSR count). The molecule has 0 radical (unpaired) electrons. The highest BCUT2D eigenvalue weighted by molar-refractivity contribution is 8.00. The molecule has 248 valence electrons. The van der Waals surface area contributed by atoms with Gasteiger partial charge in [0, 0.05) is 31.7 Å². The predicted molar refractivity (Wildman–Crippen MR) is 176 cm³/mol. The molecule has 3 heterocycles. The van der Waals surface area contributed by atoms with Crippen LogP contribution >= 0.6 is 46.3 Å². The summed E-state index contributed by atoms with van der Waals surface area (Å²) in [5, 5.41) is 1.63. The lowest BCUT2D eigenvalue weighted by Crippen LogP contribution is -2.42. The van der Waals surface area contributed by atoms with Gasteiger partial charge in [-0.2, -0.15) is 13.2 Å². The van der Waals surface area contributed by atoms with Gasteiger partial charge in [-0.15, -0.1) is 11.8 Å². The number of amides is 2. The van der Waals surface area contributed by atoms with Gasteiger partial charge in [-0.3, -0.25) is 19.3 Å². The van der Waals surface area contributed by atoms with Crippen molar-refractivity contribution in [2.45, 2.75) is 35.4 Å². The van der Waals surface area contributed by atoms with E-state index >= 15 is 0 Å². The number of halogens is 5. The summed E-state index contributed by atoms with van der Waals surface area (Å²) in [7, 11) is 1.54. The van der Waals surface area contributed by atoms with Crippen LogP contribution < -0.4 is 19.2 Å². The zero-order valence-corrected chi connectivity index (χ0v) is 28.1. The first kappa shape index (κ1) is 31.8. The number of benzene rings is 3. The summed E-state index contributed by atoms with van der Waals surface area (Å²) in [5.74, 6) is -2.05. The number of alkyl halides is 3. The molecule has 7 atom stereocenters. The minimum absolute atomic E-state index is 0.0653. The number of thiazole rings is 1. The number of hydrogen-bond donors (Lipinski definition) is 1. The van der Waals surface area contributed by atoms with E-state index in [1.807, 2.05) is 12.1 Å². The summed E-state index contributed by atoms with van der Waals surface area (Å²) < 4.78 is 52.4. The number of H-pyrrole nitrogens is 1. The molecular weight excluding hydrogens is 708 g/mol. The van der Waals surface area contributed by atoms with Crippen LogP contribution in [0.5, 0.6) is 11.5 Å². The van der Waals surface area contributed by atoms with Crippen LogP contribution in [0.1, 0.15) is 33.9 Å². The summed E-state index contributed by atoms with van der Waals surface area (Å²) in [6.07, 6.45) is -3.98. The van der Waals surface area contributed by atoms with E-state index in [2.05, 4.69) is 4.98 Å². The molecule has 1 N–H and O–H groups in total. The number of rotatable bonds is 6. The largest absolute Gasteiger partial charge is 0.493 e. The zero-order valence-electron chi connectivity index (χ0n) is 24.9. The number of fused-ring (bicyclic) bond motifs is 9. The number of nitrogens with one attached hydrogen (secondary N) is 1. The van der Waals surface area contributed by atoms with Gasteiger partial charge in [-0.05, 0) is 72.2 Å². The summed E-state index contributed by atoms with van der Waals surface area (Å²) in [5.41, 5.74) is 0.624. The molecule has 0 spiro atoms. The van der Waals surface area contributed by atoms with Gasteiger partial charge in [-0.1, -0.05) is 52.7 Å². The number of methoxy groups -OCH3 is 1. The third kappa shape index (κ3) is 4.97. The molecule has 4 aliphatic rings. The van der Waals surface area contributed by atoms with E-state index in [9.17, 15) is 27.6 Å². The number of anilines is 1. The molecule has 2 bridgehead atoms. The number of aromatic amines is 1. The summed E-state index contributed by atoms with van der Waals surface area (Å²) in [6, 6.07) is 15.1.